The van der Waals surface area contributed by atoms with Crippen LogP contribution < -0.4 is 10.9 Å². The van der Waals surface area contributed by atoms with E-state index in [1.165, 1.54) is 15.4 Å². The summed E-state index contributed by atoms with van der Waals surface area (Å²) in [5, 5.41) is 3.22. The van der Waals surface area contributed by atoms with E-state index in [9.17, 15) is 18.0 Å². The quantitative estimate of drug-likeness (QED) is 0.309. The largest absolute Gasteiger partial charge is 0.379 e. The number of aryl methyl sites for hydroxylation is 1. The second-order valence-electron chi connectivity index (χ2n) is 8.92. The van der Waals surface area contributed by atoms with Crippen LogP contribution in [0.2, 0.25) is 0 Å². The molecule has 2 aliphatic rings. The van der Waals surface area contributed by atoms with Gasteiger partial charge in [0.25, 0.3) is 11.5 Å². The fourth-order valence-corrected chi connectivity index (χ4v) is 7.11. The Labute approximate surface area is 213 Å². The number of thiocarbonyl (C=S) groups is 1. The van der Waals surface area contributed by atoms with E-state index in [0.717, 1.165) is 17.3 Å². The van der Waals surface area contributed by atoms with Gasteiger partial charge in [0.1, 0.15) is 15.8 Å². The van der Waals surface area contributed by atoms with Crippen LogP contribution in [0.4, 0.5) is 5.82 Å². The predicted molar refractivity (Wildman–Crippen MR) is 142 cm³/mol. The van der Waals surface area contributed by atoms with E-state index in [-0.39, 0.29) is 39.5 Å². The van der Waals surface area contributed by atoms with Crippen molar-refractivity contribution in [1.82, 2.24) is 14.3 Å². The van der Waals surface area contributed by atoms with Crippen molar-refractivity contribution in [2.75, 3.05) is 30.0 Å². The van der Waals surface area contributed by atoms with Gasteiger partial charge in [0, 0.05) is 19.3 Å². The normalized spacial score (nSPS) is 21.1. The summed E-state index contributed by atoms with van der Waals surface area (Å²) in [5.41, 5.74) is 1.32. The summed E-state index contributed by atoms with van der Waals surface area (Å²) in [6, 6.07) is 3.17. The number of thioether (sulfide) groups is 1. The number of carbonyl (C=O) groups excluding carboxylic acids is 1. The highest BCUT2D eigenvalue weighted by atomic mass is 32.2. The number of hydrogen-bond donors (Lipinski definition) is 1. The van der Waals surface area contributed by atoms with Gasteiger partial charge < -0.3 is 10.1 Å². The molecule has 12 heteroatoms. The number of anilines is 1. The molecule has 2 aromatic heterocycles. The summed E-state index contributed by atoms with van der Waals surface area (Å²) in [6.45, 7) is 6.91. The number of sulfone groups is 1. The molecule has 1 amide bonds. The minimum atomic E-state index is -3.18. The van der Waals surface area contributed by atoms with Gasteiger partial charge in [-0.1, -0.05) is 30.0 Å². The number of nitrogens with one attached hydrogen (secondary N) is 1. The highest BCUT2D eigenvalue weighted by molar-refractivity contribution is 8.26. The van der Waals surface area contributed by atoms with E-state index >= 15 is 0 Å². The first-order valence-corrected chi connectivity index (χ1v) is 14.5. The van der Waals surface area contributed by atoms with Gasteiger partial charge in [0.2, 0.25) is 0 Å². The lowest BCUT2D eigenvalue weighted by atomic mass is 10.2. The van der Waals surface area contributed by atoms with E-state index < -0.39 is 15.9 Å². The summed E-state index contributed by atoms with van der Waals surface area (Å²) < 4.78 is 31.2. The number of amides is 1. The third kappa shape index (κ3) is 5.76. The Hall–Kier alpha value is -2.28. The van der Waals surface area contributed by atoms with Crippen LogP contribution in [0.15, 0.2) is 28.0 Å². The van der Waals surface area contributed by atoms with Crippen LogP contribution >= 0.6 is 24.0 Å². The Balaban J connectivity index is 1.67. The molecule has 1 N–H and O–H groups in total. The van der Waals surface area contributed by atoms with Crippen molar-refractivity contribution in [1.29, 1.82) is 0 Å². The molecule has 2 aromatic rings. The van der Waals surface area contributed by atoms with Crippen molar-refractivity contribution >= 4 is 61.6 Å². The van der Waals surface area contributed by atoms with Crippen LogP contribution in [0.3, 0.4) is 0 Å². The molecule has 4 heterocycles. The maximum Gasteiger partial charge on any atom is 0.267 e. The van der Waals surface area contributed by atoms with E-state index in [2.05, 4.69) is 10.3 Å². The zero-order chi connectivity index (χ0) is 25.3. The van der Waals surface area contributed by atoms with Crippen LogP contribution in [-0.2, 0) is 19.4 Å². The van der Waals surface area contributed by atoms with E-state index in [1.807, 2.05) is 26.8 Å². The number of nitrogens with zero attached hydrogens (tertiary/aromatic N) is 3. The molecule has 2 aliphatic heterocycles. The summed E-state index contributed by atoms with van der Waals surface area (Å²) in [4.78, 5) is 32.9. The minimum absolute atomic E-state index is 0.0393. The molecule has 1 atom stereocenters. The maximum atomic E-state index is 13.4. The fourth-order valence-electron chi connectivity index (χ4n) is 4.03. The SMILES string of the molecule is Cc1ccc2nc(NCCCOC(C)C)c(/C=C3\SC(=S)N(C4CCS(=O)(=O)C4)C3=O)c(=O)n2c1. The lowest BCUT2D eigenvalue weighted by Crippen LogP contribution is -2.39. The Morgan fingerprint density at radius 3 is 2.80 bits per heavy atom. The van der Waals surface area contributed by atoms with Gasteiger partial charge in [-0.05, 0) is 51.3 Å². The van der Waals surface area contributed by atoms with Crippen LogP contribution in [-0.4, -0.2) is 69.7 Å². The third-order valence-corrected chi connectivity index (χ3v) is 8.82. The van der Waals surface area contributed by atoms with Crippen molar-refractivity contribution in [3.8, 4) is 0 Å². The molecule has 188 valence electrons. The molecular weight excluding hydrogens is 508 g/mol. The second-order valence-corrected chi connectivity index (χ2v) is 12.8. The number of hydrogen-bond acceptors (Lipinski definition) is 9. The molecule has 1 unspecified atom stereocenters. The standard InChI is InChI=1S/C23H28N4O5S3/c1-14(2)32-9-4-8-24-20-17(21(28)26-12-15(3)5-6-19(26)25-20)11-18-22(29)27(23(33)34-18)16-7-10-35(30,31)13-16/h5-6,11-12,14,16,24H,4,7-10,13H2,1-3H3/b18-11-. The van der Waals surface area contributed by atoms with Gasteiger partial charge in [-0.15, -0.1) is 0 Å². The fraction of sp³-hybridized carbons (Fsp3) is 0.478. The number of ether oxygens (including phenoxy) is 1. The maximum absolute atomic E-state index is 13.4. The minimum Gasteiger partial charge on any atom is -0.379 e. The summed E-state index contributed by atoms with van der Waals surface area (Å²) in [7, 11) is -3.18. The predicted octanol–water partition coefficient (Wildman–Crippen LogP) is 2.62. The molecule has 2 saturated heterocycles. The van der Waals surface area contributed by atoms with Crippen molar-refractivity contribution in [2.45, 2.75) is 45.8 Å². The van der Waals surface area contributed by atoms with E-state index in [1.54, 1.807) is 12.3 Å². The smallest absolute Gasteiger partial charge is 0.267 e. The van der Waals surface area contributed by atoms with Crippen molar-refractivity contribution in [3.05, 3.63) is 44.7 Å². The zero-order valence-corrected chi connectivity index (χ0v) is 22.3. The molecule has 0 saturated carbocycles. The number of fused-ring (bicyclic) bond motifs is 1. The molecular formula is C23H28N4O5S3. The van der Waals surface area contributed by atoms with E-state index in [4.69, 9.17) is 17.0 Å². The number of rotatable bonds is 8. The molecule has 35 heavy (non-hydrogen) atoms. The van der Waals surface area contributed by atoms with Gasteiger partial charge in [-0.3, -0.25) is 18.9 Å². The molecule has 0 aromatic carbocycles. The Morgan fingerprint density at radius 2 is 2.11 bits per heavy atom. The average molecular weight is 537 g/mol. The molecule has 9 nitrogen and oxygen atoms in total. The van der Waals surface area contributed by atoms with Gasteiger partial charge in [0.05, 0.1) is 34.1 Å². The average Bonchev–Trinajstić information content (AvgIpc) is 3.27. The highest BCUT2D eigenvalue weighted by Crippen LogP contribution is 2.36. The van der Waals surface area contributed by atoms with Crippen LogP contribution in [0.25, 0.3) is 11.7 Å². The number of carbonyl (C=O) groups is 1. The van der Waals surface area contributed by atoms with Gasteiger partial charge >= 0.3 is 0 Å². The first-order chi connectivity index (χ1) is 16.6. The zero-order valence-electron chi connectivity index (χ0n) is 19.8. The Morgan fingerprint density at radius 1 is 1.34 bits per heavy atom. The van der Waals surface area contributed by atoms with Crippen LogP contribution in [0, 0.1) is 6.92 Å². The summed E-state index contributed by atoms with van der Waals surface area (Å²) in [6.07, 6.45) is 4.42. The van der Waals surface area contributed by atoms with Crippen LogP contribution in [0.1, 0.15) is 37.8 Å². The van der Waals surface area contributed by atoms with E-state index in [0.29, 0.717) is 41.8 Å². The number of aromatic nitrogens is 2. The Bertz CT molecular complexity index is 1370. The van der Waals surface area contributed by atoms with Gasteiger partial charge in [0.15, 0.2) is 9.84 Å². The summed E-state index contributed by atoms with van der Waals surface area (Å²) in [5.74, 6) is -0.0704. The van der Waals surface area contributed by atoms with Crippen LogP contribution in [0.5, 0.6) is 0 Å². The lowest BCUT2D eigenvalue weighted by Gasteiger charge is -2.20. The third-order valence-electron chi connectivity index (χ3n) is 5.74. The monoisotopic (exact) mass is 536 g/mol. The molecule has 4 rings (SSSR count). The van der Waals surface area contributed by atoms with Gasteiger partial charge in [-0.25, -0.2) is 13.4 Å². The molecule has 0 bridgehead atoms. The van der Waals surface area contributed by atoms with Crippen molar-refractivity contribution < 1.29 is 17.9 Å². The first kappa shape index (κ1) is 25.8. The Kier molecular flexibility index (Phi) is 7.65. The molecule has 2 fully saturated rings. The molecule has 0 radical (unpaired) electrons. The van der Waals surface area contributed by atoms with Crippen molar-refractivity contribution in [3.63, 3.8) is 0 Å². The summed E-state index contributed by atoms with van der Waals surface area (Å²) >= 11 is 6.48. The van der Waals surface area contributed by atoms with Crippen molar-refractivity contribution in [2.24, 2.45) is 0 Å². The first-order valence-electron chi connectivity index (χ1n) is 11.4. The molecule has 0 spiro atoms. The highest BCUT2D eigenvalue weighted by Gasteiger charge is 2.42. The second kappa shape index (κ2) is 10.4. The number of pyridine rings is 1. The topological polar surface area (TPSA) is 110 Å². The molecule has 0 aliphatic carbocycles. The lowest BCUT2D eigenvalue weighted by molar-refractivity contribution is -0.123. The van der Waals surface area contributed by atoms with Gasteiger partial charge in [-0.2, -0.15) is 0 Å².